The zero-order valence-corrected chi connectivity index (χ0v) is 13.4. The molecule has 5 heteroatoms. The van der Waals surface area contributed by atoms with Gasteiger partial charge >= 0.3 is 0 Å². The van der Waals surface area contributed by atoms with Gasteiger partial charge in [0.2, 0.25) is 0 Å². The molecule has 0 amide bonds. The third kappa shape index (κ3) is 2.36. The van der Waals surface area contributed by atoms with Crippen molar-refractivity contribution in [1.29, 1.82) is 0 Å². The van der Waals surface area contributed by atoms with Crippen LogP contribution >= 0.6 is 0 Å². The molecule has 2 aromatic rings. The second-order valence-corrected chi connectivity index (χ2v) is 6.17. The van der Waals surface area contributed by atoms with Crippen LogP contribution in [0, 0.1) is 5.82 Å². The average molecular weight is 326 g/mol. The van der Waals surface area contributed by atoms with Gasteiger partial charge in [0.15, 0.2) is 0 Å². The van der Waals surface area contributed by atoms with Crippen molar-refractivity contribution < 1.29 is 14.2 Å². The highest BCUT2D eigenvalue weighted by atomic mass is 19.1. The highest BCUT2D eigenvalue weighted by Crippen LogP contribution is 2.43. The molecule has 24 heavy (non-hydrogen) atoms. The SMILES string of the molecule is CCC(O)C1=NN2c3cc(F)ccc3OC[C@H]2[C@H]1c1ccccc1. The Morgan fingerprint density at radius 2 is 2.08 bits per heavy atom. The molecule has 0 bridgehead atoms. The lowest BCUT2D eigenvalue weighted by atomic mass is 9.85. The molecule has 0 spiro atoms. The average Bonchev–Trinajstić information content (AvgIpc) is 3.01. The van der Waals surface area contributed by atoms with Gasteiger partial charge in [-0.15, -0.1) is 0 Å². The summed E-state index contributed by atoms with van der Waals surface area (Å²) in [6, 6.07) is 14.4. The minimum Gasteiger partial charge on any atom is -0.489 e. The molecule has 0 aliphatic carbocycles. The summed E-state index contributed by atoms with van der Waals surface area (Å²) in [6.07, 6.45) is -0.0441. The van der Waals surface area contributed by atoms with Gasteiger partial charge in [-0.1, -0.05) is 37.3 Å². The fraction of sp³-hybridized carbons (Fsp3) is 0.316. The minimum absolute atomic E-state index is 0.0717. The van der Waals surface area contributed by atoms with Crippen LogP contribution < -0.4 is 9.75 Å². The Morgan fingerprint density at radius 3 is 2.83 bits per heavy atom. The molecule has 0 saturated carbocycles. The second-order valence-electron chi connectivity index (χ2n) is 6.17. The Morgan fingerprint density at radius 1 is 1.29 bits per heavy atom. The van der Waals surface area contributed by atoms with Crippen molar-refractivity contribution in [1.82, 2.24) is 0 Å². The van der Waals surface area contributed by atoms with E-state index in [4.69, 9.17) is 4.74 Å². The van der Waals surface area contributed by atoms with E-state index >= 15 is 0 Å². The largest absolute Gasteiger partial charge is 0.489 e. The van der Waals surface area contributed by atoms with Crippen LogP contribution in [0.5, 0.6) is 5.75 Å². The number of aliphatic hydroxyl groups excluding tert-OH is 1. The molecule has 1 N–H and O–H groups in total. The molecule has 1 unspecified atom stereocenters. The maximum atomic E-state index is 13.7. The number of aliphatic hydroxyl groups is 1. The summed E-state index contributed by atoms with van der Waals surface area (Å²) in [6.45, 7) is 2.37. The van der Waals surface area contributed by atoms with E-state index in [1.165, 1.54) is 12.1 Å². The van der Waals surface area contributed by atoms with Crippen LogP contribution in [0.25, 0.3) is 0 Å². The van der Waals surface area contributed by atoms with E-state index in [1.54, 1.807) is 6.07 Å². The third-order valence-corrected chi connectivity index (χ3v) is 4.70. The van der Waals surface area contributed by atoms with Crippen LogP contribution in [0.1, 0.15) is 24.8 Å². The van der Waals surface area contributed by atoms with Crippen LogP contribution in [-0.4, -0.2) is 29.6 Å². The monoisotopic (exact) mass is 326 g/mol. The van der Waals surface area contributed by atoms with Crippen molar-refractivity contribution in [3.05, 3.63) is 59.9 Å². The number of hydrogen-bond donors (Lipinski definition) is 1. The Labute approximate surface area is 140 Å². The first-order chi connectivity index (χ1) is 11.7. The number of rotatable bonds is 3. The fourth-order valence-corrected chi connectivity index (χ4v) is 3.50. The first kappa shape index (κ1) is 15.1. The van der Waals surface area contributed by atoms with E-state index in [2.05, 4.69) is 5.10 Å². The van der Waals surface area contributed by atoms with Crippen molar-refractivity contribution >= 4 is 11.4 Å². The topological polar surface area (TPSA) is 45.1 Å². The van der Waals surface area contributed by atoms with E-state index < -0.39 is 6.10 Å². The van der Waals surface area contributed by atoms with Gasteiger partial charge in [0.25, 0.3) is 0 Å². The third-order valence-electron chi connectivity index (χ3n) is 4.70. The summed E-state index contributed by atoms with van der Waals surface area (Å²) < 4.78 is 19.6. The summed E-state index contributed by atoms with van der Waals surface area (Å²) in [7, 11) is 0. The summed E-state index contributed by atoms with van der Waals surface area (Å²) >= 11 is 0. The quantitative estimate of drug-likeness (QED) is 0.941. The number of halogens is 1. The predicted octanol–water partition coefficient (Wildman–Crippen LogP) is 3.32. The summed E-state index contributed by atoms with van der Waals surface area (Å²) in [4.78, 5) is 0. The minimum atomic E-state index is -0.627. The number of benzene rings is 2. The van der Waals surface area contributed by atoms with Crippen LogP contribution in [0.3, 0.4) is 0 Å². The molecular formula is C19H19FN2O2. The molecule has 2 aromatic carbocycles. The normalized spacial score (nSPS) is 23.1. The molecule has 0 saturated heterocycles. The van der Waals surface area contributed by atoms with Crippen molar-refractivity contribution in [2.75, 3.05) is 11.6 Å². The van der Waals surface area contributed by atoms with Crippen LogP contribution in [0.15, 0.2) is 53.6 Å². The van der Waals surface area contributed by atoms with Crippen LogP contribution in [0.2, 0.25) is 0 Å². The van der Waals surface area contributed by atoms with Gasteiger partial charge in [-0.3, -0.25) is 5.01 Å². The summed E-state index contributed by atoms with van der Waals surface area (Å²) in [5, 5.41) is 17.0. The van der Waals surface area contributed by atoms with E-state index in [0.29, 0.717) is 24.5 Å². The summed E-state index contributed by atoms with van der Waals surface area (Å²) in [5.74, 6) is 0.224. The molecule has 3 atom stereocenters. The molecular weight excluding hydrogens is 307 g/mol. The Balaban J connectivity index is 1.81. The number of anilines is 1. The van der Waals surface area contributed by atoms with Crippen molar-refractivity contribution in [2.45, 2.75) is 31.4 Å². The Kier molecular flexibility index (Phi) is 3.73. The van der Waals surface area contributed by atoms with Crippen molar-refractivity contribution in [3.8, 4) is 5.75 Å². The maximum Gasteiger partial charge on any atom is 0.144 e. The molecule has 0 aromatic heterocycles. The maximum absolute atomic E-state index is 13.7. The highest BCUT2D eigenvalue weighted by molar-refractivity contribution is 5.98. The van der Waals surface area contributed by atoms with Gasteiger partial charge in [-0.25, -0.2) is 4.39 Å². The van der Waals surface area contributed by atoms with E-state index in [9.17, 15) is 9.50 Å². The van der Waals surface area contributed by atoms with Gasteiger partial charge in [0.05, 0.1) is 23.8 Å². The second kappa shape index (κ2) is 5.91. The predicted molar refractivity (Wildman–Crippen MR) is 91.1 cm³/mol. The van der Waals surface area contributed by atoms with Gasteiger partial charge < -0.3 is 9.84 Å². The smallest absolute Gasteiger partial charge is 0.144 e. The Bertz CT molecular complexity index is 778. The first-order valence-corrected chi connectivity index (χ1v) is 8.22. The number of ether oxygens (including phenoxy) is 1. The molecule has 0 radical (unpaired) electrons. The molecule has 4 rings (SSSR count). The zero-order valence-electron chi connectivity index (χ0n) is 13.4. The van der Waals surface area contributed by atoms with E-state index in [-0.39, 0.29) is 17.8 Å². The highest BCUT2D eigenvalue weighted by Gasteiger charge is 2.44. The van der Waals surface area contributed by atoms with Gasteiger partial charge in [0, 0.05) is 6.07 Å². The van der Waals surface area contributed by atoms with Crippen molar-refractivity contribution in [3.63, 3.8) is 0 Å². The van der Waals surface area contributed by atoms with Crippen LogP contribution in [-0.2, 0) is 0 Å². The molecule has 2 aliphatic rings. The molecule has 124 valence electrons. The Hall–Kier alpha value is -2.40. The first-order valence-electron chi connectivity index (χ1n) is 8.22. The lowest BCUT2D eigenvalue weighted by Gasteiger charge is -2.34. The van der Waals surface area contributed by atoms with Crippen LogP contribution in [0.4, 0.5) is 10.1 Å². The van der Waals surface area contributed by atoms with E-state index in [0.717, 1.165) is 11.3 Å². The van der Waals surface area contributed by atoms with Crippen molar-refractivity contribution in [2.24, 2.45) is 5.10 Å². The standard InChI is InChI=1S/C19H19FN2O2/c1-2-16(23)19-18(12-6-4-3-5-7-12)15-11-24-17-9-8-13(20)10-14(17)22(15)21-19/h3-10,15-16,18,23H,2,11H2,1H3/t15-,16?,18+/m0/s1. The fourth-order valence-electron chi connectivity index (χ4n) is 3.50. The molecule has 0 fully saturated rings. The number of hydrogen-bond acceptors (Lipinski definition) is 4. The molecule has 4 nitrogen and oxygen atoms in total. The summed E-state index contributed by atoms with van der Waals surface area (Å²) in [5.41, 5.74) is 2.42. The zero-order chi connectivity index (χ0) is 16.7. The lowest BCUT2D eigenvalue weighted by Crippen LogP contribution is -2.41. The van der Waals surface area contributed by atoms with E-state index in [1.807, 2.05) is 42.3 Å². The van der Waals surface area contributed by atoms with Gasteiger partial charge in [-0.05, 0) is 24.1 Å². The number of hydrazone groups is 1. The number of nitrogens with zero attached hydrogens (tertiary/aromatic N) is 2. The van der Waals surface area contributed by atoms with Gasteiger partial charge in [0.1, 0.15) is 23.9 Å². The molecule has 2 aliphatic heterocycles. The number of fused-ring (bicyclic) bond motifs is 3. The lowest BCUT2D eigenvalue weighted by molar-refractivity contribution is 0.230. The van der Waals surface area contributed by atoms with Gasteiger partial charge in [-0.2, -0.15) is 5.10 Å². The molecule has 2 heterocycles.